The van der Waals surface area contributed by atoms with Gasteiger partial charge in [0.1, 0.15) is 0 Å². The zero-order valence-corrected chi connectivity index (χ0v) is 18.5. The molecule has 26 heavy (non-hydrogen) atoms. The van der Waals surface area contributed by atoms with Gasteiger partial charge in [0, 0.05) is 39.3 Å². The second kappa shape index (κ2) is 11.6. The smallest absolute Gasteiger partial charge is 0.279 e. The summed E-state index contributed by atoms with van der Waals surface area (Å²) in [5.74, 6) is 1.57. The standard InChI is InChI=1S/C19H41N3O3S/c1-16(2)7-9-22(10-8-17(3)4)26(23,24)20-13-19-15-21(11-12-25-19)14-18(5)6/h16-20H,7-15H2,1-6H3. The van der Waals surface area contributed by atoms with Gasteiger partial charge in [-0.3, -0.25) is 4.90 Å². The molecule has 0 aromatic heterocycles. The van der Waals surface area contributed by atoms with Crippen LogP contribution in [0.1, 0.15) is 54.4 Å². The zero-order chi connectivity index (χ0) is 19.7. The molecule has 1 fully saturated rings. The molecule has 1 unspecified atom stereocenters. The van der Waals surface area contributed by atoms with E-state index in [0.717, 1.165) is 32.5 Å². The van der Waals surface area contributed by atoms with Crippen LogP contribution in [0.4, 0.5) is 0 Å². The fourth-order valence-electron chi connectivity index (χ4n) is 3.03. The number of nitrogens with one attached hydrogen (secondary N) is 1. The molecule has 1 heterocycles. The Morgan fingerprint density at radius 2 is 1.62 bits per heavy atom. The van der Waals surface area contributed by atoms with Gasteiger partial charge in [-0.05, 0) is 30.6 Å². The lowest BCUT2D eigenvalue weighted by atomic mass is 10.1. The first-order valence-electron chi connectivity index (χ1n) is 10.2. The monoisotopic (exact) mass is 391 g/mol. The molecule has 1 atom stereocenters. The number of morpholine rings is 1. The Balaban J connectivity index is 2.58. The summed E-state index contributed by atoms with van der Waals surface area (Å²) in [5.41, 5.74) is 0. The van der Waals surface area contributed by atoms with Gasteiger partial charge < -0.3 is 4.74 Å². The summed E-state index contributed by atoms with van der Waals surface area (Å²) in [6.45, 7) is 17.8. The Labute approximate surface area is 161 Å². The summed E-state index contributed by atoms with van der Waals surface area (Å²) >= 11 is 0. The first-order chi connectivity index (χ1) is 12.1. The normalized spacial score (nSPS) is 20.0. The van der Waals surface area contributed by atoms with Crippen molar-refractivity contribution in [3.8, 4) is 0 Å². The van der Waals surface area contributed by atoms with E-state index in [-0.39, 0.29) is 6.10 Å². The van der Waals surface area contributed by atoms with Crippen LogP contribution in [0, 0.1) is 17.8 Å². The molecular formula is C19H41N3O3S. The Morgan fingerprint density at radius 3 is 2.12 bits per heavy atom. The Hall–Kier alpha value is -0.210. The van der Waals surface area contributed by atoms with Crippen molar-refractivity contribution in [3.05, 3.63) is 0 Å². The van der Waals surface area contributed by atoms with Gasteiger partial charge in [0.05, 0.1) is 12.7 Å². The molecular weight excluding hydrogens is 350 g/mol. The summed E-state index contributed by atoms with van der Waals surface area (Å²) in [6.07, 6.45) is 1.68. The molecule has 0 aliphatic carbocycles. The lowest BCUT2D eigenvalue weighted by molar-refractivity contribution is -0.0281. The first-order valence-corrected chi connectivity index (χ1v) is 11.6. The van der Waals surface area contributed by atoms with Crippen molar-refractivity contribution in [2.45, 2.75) is 60.5 Å². The Morgan fingerprint density at radius 1 is 1.04 bits per heavy atom. The summed E-state index contributed by atoms with van der Waals surface area (Å²) in [4.78, 5) is 2.36. The number of nitrogens with zero attached hydrogens (tertiary/aromatic N) is 2. The second-order valence-electron chi connectivity index (χ2n) is 8.76. The maximum absolute atomic E-state index is 12.8. The van der Waals surface area contributed by atoms with Crippen molar-refractivity contribution in [3.63, 3.8) is 0 Å². The van der Waals surface area contributed by atoms with Crippen molar-refractivity contribution in [1.29, 1.82) is 0 Å². The van der Waals surface area contributed by atoms with E-state index >= 15 is 0 Å². The fraction of sp³-hybridized carbons (Fsp3) is 1.00. The average Bonchev–Trinajstić information content (AvgIpc) is 2.52. The van der Waals surface area contributed by atoms with Gasteiger partial charge in [-0.2, -0.15) is 17.4 Å². The largest absolute Gasteiger partial charge is 0.374 e. The van der Waals surface area contributed by atoms with Gasteiger partial charge in [-0.15, -0.1) is 0 Å². The van der Waals surface area contributed by atoms with Crippen molar-refractivity contribution in [2.75, 3.05) is 45.9 Å². The Kier molecular flexibility index (Phi) is 10.6. The molecule has 1 N–H and O–H groups in total. The third-order valence-corrected chi connectivity index (χ3v) is 6.17. The van der Waals surface area contributed by atoms with Crippen LogP contribution in [0.15, 0.2) is 0 Å². The van der Waals surface area contributed by atoms with Crippen LogP contribution in [0.5, 0.6) is 0 Å². The number of hydrogen-bond donors (Lipinski definition) is 1. The van der Waals surface area contributed by atoms with Gasteiger partial charge in [0.2, 0.25) is 0 Å². The van der Waals surface area contributed by atoms with Crippen LogP contribution < -0.4 is 4.72 Å². The highest BCUT2D eigenvalue weighted by Crippen LogP contribution is 2.11. The molecule has 1 rings (SSSR count). The molecule has 0 amide bonds. The average molecular weight is 392 g/mol. The predicted molar refractivity (Wildman–Crippen MR) is 108 cm³/mol. The molecule has 1 aliphatic heterocycles. The van der Waals surface area contributed by atoms with Crippen molar-refractivity contribution >= 4 is 10.2 Å². The minimum atomic E-state index is -3.47. The molecule has 0 spiro atoms. The summed E-state index contributed by atoms with van der Waals surface area (Å²) in [6, 6.07) is 0. The van der Waals surface area contributed by atoms with E-state index < -0.39 is 10.2 Å². The van der Waals surface area contributed by atoms with Gasteiger partial charge in [-0.1, -0.05) is 41.5 Å². The number of hydrogen-bond acceptors (Lipinski definition) is 4. The molecule has 0 aromatic rings. The lowest BCUT2D eigenvalue weighted by Gasteiger charge is -2.34. The maximum atomic E-state index is 12.8. The van der Waals surface area contributed by atoms with E-state index in [1.165, 1.54) is 0 Å². The van der Waals surface area contributed by atoms with Crippen molar-refractivity contribution in [1.82, 2.24) is 13.9 Å². The molecule has 0 aromatic carbocycles. The molecule has 0 radical (unpaired) electrons. The maximum Gasteiger partial charge on any atom is 0.279 e. The van der Waals surface area contributed by atoms with E-state index in [1.54, 1.807) is 4.31 Å². The van der Waals surface area contributed by atoms with E-state index in [2.05, 4.69) is 51.2 Å². The number of rotatable bonds is 12. The highest BCUT2D eigenvalue weighted by Gasteiger charge is 2.26. The Bertz CT molecular complexity index is 468. The van der Waals surface area contributed by atoms with Crippen molar-refractivity contribution in [2.24, 2.45) is 17.8 Å². The van der Waals surface area contributed by atoms with Crippen molar-refractivity contribution < 1.29 is 13.2 Å². The van der Waals surface area contributed by atoms with E-state index in [1.807, 2.05) is 0 Å². The van der Waals surface area contributed by atoms with Crippen LogP contribution in [0.2, 0.25) is 0 Å². The molecule has 0 bridgehead atoms. The summed E-state index contributed by atoms with van der Waals surface area (Å²) in [5, 5.41) is 0. The molecule has 7 heteroatoms. The molecule has 6 nitrogen and oxygen atoms in total. The van der Waals surface area contributed by atoms with Crippen LogP contribution in [-0.2, 0) is 14.9 Å². The minimum absolute atomic E-state index is 0.0747. The van der Waals surface area contributed by atoms with E-state index in [9.17, 15) is 8.42 Å². The minimum Gasteiger partial charge on any atom is -0.374 e. The third-order valence-electron chi connectivity index (χ3n) is 4.59. The first kappa shape index (κ1) is 23.8. The van der Waals surface area contributed by atoms with Crippen LogP contribution in [0.25, 0.3) is 0 Å². The second-order valence-corrected chi connectivity index (χ2v) is 10.5. The SMILES string of the molecule is CC(C)CCN(CCC(C)C)S(=O)(=O)NCC1CN(CC(C)C)CCO1. The topological polar surface area (TPSA) is 61.9 Å². The van der Waals surface area contributed by atoms with E-state index in [0.29, 0.717) is 44.0 Å². The third kappa shape index (κ3) is 9.65. The van der Waals surface area contributed by atoms with Crippen LogP contribution in [0.3, 0.4) is 0 Å². The molecule has 156 valence electrons. The van der Waals surface area contributed by atoms with Gasteiger partial charge >= 0.3 is 0 Å². The molecule has 1 aliphatic rings. The molecule has 1 saturated heterocycles. The molecule has 0 saturated carbocycles. The van der Waals surface area contributed by atoms with Gasteiger partial charge in [0.25, 0.3) is 10.2 Å². The highest BCUT2D eigenvalue weighted by molar-refractivity contribution is 7.87. The number of ether oxygens (including phenoxy) is 1. The van der Waals surface area contributed by atoms with Crippen LogP contribution in [-0.4, -0.2) is 69.6 Å². The zero-order valence-electron chi connectivity index (χ0n) is 17.7. The van der Waals surface area contributed by atoms with Crippen LogP contribution >= 0.6 is 0 Å². The predicted octanol–water partition coefficient (Wildman–Crippen LogP) is 2.57. The quantitative estimate of drug-likeness (QED) is 0.555. The van der Waals surface area contributed by atoms with Gasteiger partial charge in [-0.25, -0.2) is 0 Å². The van der Waals surface area contributed by atoms with E-state index in [4.69, 9.17) is 4.74 Å². The summed E-state index contributed by atoms with van der Waals surface area (Å²) < 4.78 is 35.8. The van der Waals surface area contributed by atoms with Gasteiger partial charge in [0.15, 0.2) is 0 Å². The fourth-order valence-corrected chi connectivity index (χ4v) is 4.30. The highest BCUT2D eigenvalue weighted by atomic mass is 32.2. The lowest BCUT2D eigenvalue weighted by Crippen LogP contribution is -2.50. The summed E-state index contributed by atoms with van der Waals surface area (Å²) in [7, 11) is -3.47.